The summed E-state index contributed by atoms with van der Waals surface area (Å²) in [5.41, 5.74) is 4.55. The zero-order valence-corrected chi connectivity index (χ0v) is 14.8. The number of benzene rings is 2. The van der Waals surface area contributed by atoms with Gasteiger partial charge >= 0.3 is 0 Å². The lowest BCUT2D eigenvalue weighted by molar-refractivity contribution is 0.579. The van der Waals surface area contributed by atoms with Crippen molar-refractivity contribution in [3.05, 3.63) is 65.5 Å². The van der Waals surface area contributed by atoms with Crippen LogP contribution in [0.1, 0.15) is 34.8 Å². The summed E-state index contributed by atoms with van der Waals surface area (Å²) in [6, 6.07) is 14.1. The van der Waals surface area contributed by atoms with Crippen LogP contribution in [0.15, 0.2) is 53.1 Å². The maximum Gasteiger partial charge on any atom is 0.143 e. The van der Waals surface area contributed by atoms with Gasteiger partial charge in [0.1, 0.15) is 11.3 Å². The van der Waals surface area contributed by atoms with Crippen molar-refractivity contribution >= 4 is 21.7 Å². The summed E-state index contributed by atoms with van der Waals surface area (Å²) in [5.74, 6) is 0.602. The second kappa shape index (κ2) is 6.03. The molecule has 2 aromatic heterocycles. The predicted octanol–water partition coefficient (Wildman–Crippen LogP) is 6.46. The van der Waals surface area contributed by atoms with Crippen molar-refractivity contribution in [1.82, 2.24) is 4.98 Å². The van der Waals surface area contributed by atoms with E-state index in [1.807, 2.05) is 25.1 Å². The molecule has 2 heteroatoms. The van der Waals surface area contributed by atoms with Crippen LogP contribution in [0.25, 0.3) is 33.0 Å². The molecule has 2 nitrogen and oxygen atoms in total. The van der Waals surface area contributed by atoms with Crippen molar-refractivity contribution in [2.45, 2.75) is 34.0 Å². The quantitative estimate of drug-likeness (QED) is 0.430. The Balaban J connectivity index is 1.94. The minimum atomic E-state index is -2.28. The number of fused-ring (bicyclic) bond motifs is 2. The van der Waals surface area contributed by atoms with E-state index in [1.165, 1.54) is 5.56 Å². The van der Waals surface area contributed by atoms with Crippen molar-refractivity contribution in [2.75, 3.05) is 0 Å². The highest BCUT2D eigenvalue weighted by Gasteiger charge is 2.14. The lowest BCUT2D eigenvalue weighted by atomic mass is 9.96. The molecular weight excluding hydrogens is 306 g/mol. The number of furan rings is 1. The number of rotatable bonds is 3. The molecule has 2 heterocycles. The van der Waals surface area contributed by atoms with Crippen molar-refractivity contribution in [3.63, 3.8) is 0 Å². The van der Waals surface area contributed by atoms with E-state index < -0.39 is 6.85 Å². The largest absolute Gasteiger partial charge is 0.461 e. The first-order chi connectivity index (χ1) is 13.2. The molecule has 0 N–H and O–H groups in total. The SMILES string of the molecule is [2H]C([2H])([2H])c1cc2cc(C)cc(-c3nccc4cc(CC(C)C)ccc34)c2o1. The standard InChI is InChI=1S/C23H23NO/c1-14(2)9-17-5-6-20-18(13-17)7-8-24-22(20)21-11-15(3)10-19-12-16(4)25-23(19)21/h5-8,10-14H,9H2,1-4H3/i4D3. The van der Waals surface area contributed by atoms with E-state index >= 15 is 0 Å². The second-order valence-electron chi connectivity index (χ2n) is 7.15. The van der Waals surface area contributed by atoms with E-state index in [0.717, 1.165) is 39.4 Å². The molecule has 0 aliphatic rings. The maximum absolute atomic E-state index is 7.67. The molecule has 4 aromatic rings. The second-order valence-corrected chi connectivity index (χ2v) is 7.15. The Hall–Kier alpha value is -2.61. The lowest BCUT2D eigenvalue weighted by Gasteiger charge is -2.10. The van der Waals surface area contributed by atoms with Crippen LogP contribution in [0.3, 0.4) is 0 Å². The van der Waals surface area contributed by atoms with Gasteiger partial charge in [-0.3, -0.25) is 4.98 Å². The first-order valence-corrected chi connectivity index (χ1v) is 8.65. The Morgan fingerprint density at radius 1 is 1.08 bits per heavy atom. The number of aromatic nitrogens is 1. The van der Waals surface area contributed by atoms with Gasteiger partial charge in [-0.1, -0.05) is 32.0 Å². The fraction of sp³-hybridized carbons (Fsp3) is 0.261. The Morgan fingerprint density at radius 3 is 2.76 bits per heavy atom. The predicted molar refractivity (Wildman–Crippen MR) is 105 cm³/mol. The highest BCUT2D eigenvalue weighted by molar-refractivity contribution is 6.02. The maximum atomic E-state index is 7.67. The molecule has 4 rings (SSSR count). The molecule has 0 fully saturated rings. The van der Waals surface area contributed by atoms with Gasteiger partial charge in [0.05, 0.1) is 5.69 Å². The third kappa shape index (κ3) is 2.93. The van der Waals surface area contributed by atoms with Crippen molar-refractivity contribution in [3.8, 4) is 11.3 Å². The van der Waals surface area contributed by atoms with Gasteiger partial charge in [-0.25, -0.2) is 0 Å². The minimum Gasteiger partial charge on any atom is -0.461 e. The number of hydrogen-bond acceptors (Lipinski definition) is 2. The molecule has 0 unspecified atom stereocenters. The molecule has 0 spiro atoms. The fourth-order valence-corrected chi connectivity index (χ4v) is 3.52. The van der Waals surface area contributed by atoms with E-state index in [9.17, 15) is 0 Å². The molecular formula is C23H23NO. The Kier molecular flexibility index (Phi) is 3.07. The number of hydrogen-bond donors (Lipinski definition) is 0. The van der Waals surface area contributed by atoms with Crippen LogP contribution in [0.4, 0.5) is 0 Å². The van der Waals surface area contributed by atoms with Gasteiger partial charge in [-0.05, 0) is 66.9 Å². The Morgan fingerprint density at radius 2 is 1.96 bits per heavy atom. The first-order valence-electron chi connectivity index (χ1n) is 10.1. The summed E-state index contributed by atoms with van der Waals surface area (Å²) in [7, 11) is 0. The van der Waals surface area contributed by atoms with Gasteiger partial charge in [-0.2, -0.15) is 0 Å². The topological polar surface area (TPSA) is 26.0 Å². The summed E-state index contributed by atoms with van der Waals surface area (Å²) < 4.78 is 28.8. The van der Waals surface area contributed by atoms with Crippen molar-refractivity contribution in [1.29, 1.82) is 0 Å². The monoisotopic (exact) mass is 332 g/mol. The van der Waals surface area contributed by atoms with Crippen molar-refractivity contribution < 1.29 is 8.53 Å². The zero-order chi connectivity index (χ0) is 20.1. The molecule has 0 radical (unpaired) electrons. The molecule has 126 valence electrons. The van der Waals surface area contributed by atoms with Gasteiger partial charge < -0.3 is 4.42 Å². The molecule has 0 bridgehead atoms. The summed E-state index contributed by atoms with van der Waals surface area (Å²) in [4.78, 5) is 4.63. The normalized spacial score (nSPS) is 14.0. The van der Waals surface area contributed by atoms with Crippen LogP contribution in [0, 0.1) is 19.7 Å². The summed E-state index contributed by atoms with van der Waals surface area (Å²) in [6.45, 7) is 4.15. The molecule has 0 aliphatic carbocycles. The van der Waals surface area contributed by atoms with E-state index in [4.69, 9.17) is 8.53 Å². The van der Waals surface area contributed by atoms with Crippen LogP contribution in [0.5, 0.6) is 0 Å². The van der Waals surface area contributed by atoms with Gasteiger partial charge in [0.25, 0.3) is 0 Å². The third-order valence-electron chi connectivity index (χ3n) is 4.49. The van der Waals surface area contributed by atoms with Crippen LogP contribution < -0.4 is 0 Å². The minimum absolute atomic E-state index is 0.00815. The van der Waals surface area contributed by atoms with Gasteiger partial charge in [0.2, 0.25) is 0 Å². The average molecular weight is 332 g/mol. The van der Waals surface area contributed by atoms with Crippen molar-refractivity contribution in [2.24, 2.45) is 5.92 Å². The van der Waals surface area contributed by atoms with E-state index in [0.29, 0.717) is 11.5 Å². The van der Waals surface area contributed by atoms with Crippen LogP contribution in [-0.2, 0) is 6.42 Å². The lowest BCUT2D eigenvalue weighted by Crippen LogP contribution is -1.94. The van der Waals surface area contributed by atoms with Gasteiger partial charge in [0.15, 0.2) is 0 Å². The summed E-state index contributed by atoms with van der Waals surface area (Å²) >= 11 is 0. The van der Waals surface area contributed by atoms with Crippen LogP contribution in [-0.4, -0.2) is 4.98 Å². The van der Waals surface area contributed by atoms with Crippen LogP contribution >= 0.6 is 0 Å². The van der Waals surface area contributed by atoms with Gasteiger partial charge in [-0.15, -0.1) is 0 Å². The Labute approximate surface area is 152 Å². The fourth-order valence-electron chi connectivity index (χ4n) is 3.52. The van der Waals surface area contributed by atoms with Crippen LogP contribution in [0.2, 0.25) is 0 Å². The number of aryl methyl sites for hydroxylation is 2. The van der Waals surface area contributed by atoms with E-state index in [-0.39, 0.29) is 5.76 Å². The highest BCUT2D eigenvalue weighted by atomic mass is 16.3. The summed E-state index contributed by atoms with van der Waals surface area (Å²) in [6.07, 6.45) is 2.83. The third-order valence-corrected chi connectivity index (χ3v) is 4.49. The zero-order valence-electron chi connectivity index (χ0n) is 17.8. The number of pyridine rings is 1. The molecule has 0 amide bonds. The average Bonchev–Trinajstić information content (AvgIpc) is 3.04. The molecule has 0 saturated carbocycles. The first kappa shape index (κ1) is 12.7. The molecule has 2 aromatic carbocycles. The molecule has 25 heavy (non-hydrogen) atoms. The molecule has 0 aliphatic heterocycles. The van der Waals surface area contributed by atoms with E-state index in [2.05, 4.69) is 37.0 Å². The Bertz CT molecular complexity index is 1170. The van der Waals surface area contributed by atoms with Gasteiger partial charge in [0, 0.05) is 26.6 Å². The molecule has 0 saturated heterocycles. The van der Waals surface area contributed by atoms with E-state index in [1.54, 1.807) is 12.3 Å². The highest BCUT2D eigenvalue weighted by Crippen LogP contribution is 2.35. The smallest absolute Gasteiger partial charge is 0.143 e. The molecule has 0 atom stereocenters. The number of nitrogens with zero attached hydrogens (tertiary/aromatic N) is 1. The summed E-state index contributed by atoms with van der Waals surface area (Å²) in [5, 5.41) is 2.95.